The first-order valence-electron chi connectivity index (χ1n) is 32.3. The minimum absolute atomic E-state index is 0.0345. The van der Waals surface area contributed by atoms with E-state index in [-0.39, 0.29) is 66.1 Å². The second kappa shape index (κ2) is 36.6. The number of carbonyl (C=O) groups excluding carboxylic acids is 1. The third kappa shape index (κ3) is 19.7. The van der Waals surface area contributed by atoms with Gasteiger partial charge in [-0.2, -0.15) is 0 Å². The van der Waals surface area contributed by atoms with Crippen molar-refractivity contribution in [3.05, 3.63) is 300 Å². The Kier molecular flexibility index (Phi) is 26.6. The molecule has 0 unspecified atom stereocenters. The van der Waals surface area contributed by atoms with E-state index in [2.05, 4.69) is 6.58 Å². The molecule has 3 heterocycles. The highest BCUT2D eigenvalue weighted by Gasteiger charge is 2.57. The van der Waals surface area contributed by atoms with Crippen molar-refractivity contribution in [2.24, 2.45) is 0 Å². The molecule has 8 aromatic rings. The number of hydrogen-bond donors (Lipinski definition) is 0. The average Bonchev–Trinajstić information content (AvgIpc) is 0.775. The standard InChI is InChI=1S/C78H84O15S/c1-3-45-81-68-67(91-76-72(86-51-61-39-23-10-24-40-61)66(83-48-58-33-17-7-18-34-58)64(55-89-76)82-47-57-31-15-6-16-32-57)65(54-80-46-56-29-13-5-14-30-56)90-78(94-4-2)74(68)93-77-73(87-52-62-41-25-11-26-42-62)70(85-50-60-37-21-9-22-38-60)69(84-49-59-35-19-8-20-36-59)71(92-77)75(79)88-53-63-43-27-12-28-44-63/h3,5-44,64-74,76-78H,1,4,45-55H2,2H3/t64-,65-,66+,67-,68+,69+,70+,71+,72-,73-,74+,76+,77+,78-/m1/s1. The van der Waals surface area contributed by atoms with Crippen molar-refractivity contribution in [3.8, 4) is 0 Å². The molecule has 3 saturated heterocycles. The fraction of sp³-hybridized carbons (Fsp3) is 0.346. The van der Waals surface area contributed by atoms with Crippen molar-refractivity contribution in [2.45, 2.75) is 145 Å². The Balaban J connectivity index is 0.988. The predicted molar refractivity (Wildman–Crippen MR) is 357 cm³/mol. The molecule has 0 N–H and O–H groups in total. The van der Waals surface area contributed by atoms with E-state index in [1.165, 1.54) is 11.8 Å². The fourth-order valence-corrected chi connectivity index (χ4v) is 12.6. The Labute approximate surface area is 556 Å². The SMILES string of the molecule is C=CCO[C@@H]1[C@H](O[C@@H]2O[C@H](C(=O)OCc3ccccc3)[C@@H](OCc3ccccc3)[C@H](OCc3ccccc3)[C@H]2OCc2ccccc2)[C@@H](SCC)O[C@H](COCc2ccccc2)[C@H]1O[C@@H]1OC[C@@H](OCc2ccccc2)[C@H](OCc2ccccc2)[C@H]1OCc1ccccc1. The topological polar surface area (TPSA) is 146 Å². The Hall–Kier alpha value is -7.20. The number of rotatable bonds is 34. The van der Waals surface area contributed by atoms with Crippen LogP contribution >= 0.6 is 11.8 Å². The predicted octanol–water partition coefficient (Wildman–Crippen LogP) is 13.4. The van der Waals surface area contributed by atoms with Crippen LogP contribution < -0.4 is 0 Å². The van der Waals surface area contributed by atoms with Gasteiger partial charge in [0.2, 0.25) is 0 Å². The molecule has 3 aliphatic heterocycles. The number of ether oxygens (including phenoxy) is 14. The summed E-state index contributed by atoms with van der Waals surface area (Å²) in [5.74, 6) is -0.0908. The molecular weight excluding hydrogens is 1210 g/mol. The van der Waals surface area contributed by atoms with E-state index in [1.54, 1.807) is 6.08 Å². The number of benzene rings is 8. The average molecular weight is 1290 g/mol. The lowest BCUT2D eigenvalue weighted by Gasteiger charge is -2.51. The van der Waals surface area contributed by atoms with E-state index in [1.807, 2.05) is 250 Å². The van der Waals surface area contributed by atoms with Crippen molar-refractivity contribution < 1.29 is 71.1 Å². The van der Waals surface area contributed by atoms with Gasteiger partial charge in [0.15, 0.2) is 18.7 Å². The number of carbonyl (C=O) groups is 1. The van der Waals surface area contributed by atoms with E-state index in [4.69, 9.17) is 66.3 Å². The van der Waals surface area contributed by atoms with E-state index in [0.717, 1.165) is 44.5 Å². The van der Waals surface area contributed by atoms with Crippen LogP contribution in [-0.2, 0) is 124 Å². The lowest BCUT2D eigenvalue weighted by atomic mass is 9.96. The molecular formula is C78H84O15S. The van der Waals surface area contributed by atoms with Crippen LogP contribution in [0.25, 0.3) is 0 Å². The van der Waals surface area contributed by atoms with Crippen molar-refractivity contribution in [2.75, 3.05) is 25.6 Å². The molecule has 15 nitrogen and oxygen atoms in total. The monoisotopic (exact) mass is 1290 g/mol. The van der Waals surface area contributed by atoms with Crippen molar-refractivity contribution >= 4 is 17.7 Å². The van der Waals surface area contributed by atoms with Gasteiger partial charge in [-0.3, -0.25) is 0 Å². The molecule has 492 valence electrons. The van der Waals surface area contributed by atoms with Gasteiger partial charge in [-0.05, 0) is 50.3 Å². The maximum atomic E-state index is 15.2. The molecule has 0 aromatic heterocycles. The molecule has 0 aliphatic carbocycles. The third-order valence-corrected chi connectivity index (χ3v) is 17.4. The van der Waals surface area contributed by atoms with Crippen molar-refractivity contribution in [1.82, 2.24) is 0 Å². The first-order valence-corrected chi connectivity index (χ1v) is 33.3. The number of hydrogen-bond acceptors (Lipinski definition) is 16. The first kappa shape index (κ1) is 68.2. The van der Waals surface area contributed by atoms with Gasteiger partial charge in [0, 0.05) is 0 Å². The molecule has 11 rings (SSSR count). The number of esters is 1. The summed E-state index contributed by atoms with van der Waals surface area (Å²) in [7, 11) is 0. The summed E-state index contributed by atoms with van der Waals surface area (Å²) in [6.07, 6.45) is -11.5. The molecule has 0 saturated carbocycles. The van der Waals surface area contributed by atoms with Crippen LogP contribution in [0, 0.1) is 0 Å². The van der Waals surface area contributed by atoms with Gasteiger partial charge in [0.05, 0.1) is 66.1 Å². The molecule has 14 atom stereocenters. The minimum Gasteiger partial charge on any atom is -0.459 e. The molecule has 0 spiro atoms. The highest BCUT2D eigenvalue weighted by molar-refractivity contribution is 7.99. The summed E-state index contributed by atoms with van der Waals surface area (Å²) in [4.78, 5) is 15.2. The van der Waals surface area contributed by atoms with Gasteiger partial charge >= 0.3 is 5.97 Å². The summed E-state index contributed by atoms with van der Waals surface area (Å²) >= 11 is 1.52. The number of thioether (sulfide) groups is 1. The zero-order valence-electron chi connectivity index (χ0n) is 53.0. The van der Waals surface area contributed by atoms with E-state index in [0.29, 0.717) is 12.4 Å². The minimum atomic E-state index is -1.42. The van der Waals surface area contributed by atoms with Crippen LogP contribution in [-0.4, -0.2) is 117 Å². The third-order valence-electron chi connectivity index (χ3n) is 16.4. The maximum Gasteiger partial charge on any atom is 0.338 e. The smallest absolute Gasteiger partial charge is 0.338 e. The maximum absolute atomic E-state index is 15.2. The molecule has 3 fully saturated rings. The summed E-state index contributed by atoms with van der Waals surface area (Å²) in [6, 6.07) is 78.8. The van der Waals surface area contributed by atoms with Gasteiger partial charge < -0.3 is 66.3 Å². The van der Waals surface area contributed by atoms with Crippen LogP contribution in [0.3, 0.4) is 0 Å². The first-order chi connectivity index (χ1) is 46.5. The van der Waals surface area contributed by atoms with Gasteiger partial charge in [0.1, 0.15) is 73.1 Å². The molecule has 94 heavy (non-hydrogen) atoms. The van der Waals surface area contributed by atoms with Crippen LogP contribution in [0.1, 0.15) is 51.4 Å². The van der Waals surface area contributed by atoms with Gasteiger partial charge in [-0.1, -0.05) is 256 Å². The molecule has 3 aliphatic rings. The van der Waals surface area contributed by atoms with E-state index in [9.17, 15) is 0 Å². The van der Waals surface area contributed by atoms with Crippen LogP contribution in [0.4, 0.5) is 0 Å². The zero-order chi connectivity index (χ0) is 64.4. The van der Waals surface area contributed by atoms with Crippen molar-refractivity contribution in [3.63, 3.8) is 0 Å². The molecule has 0 amide bonds. The van der Waals surface area contributed by atoms with E-state index >= 15 is 4.79 Å². The zero-order valence-corrected chi connectivity index (χ0v) is 53.8. The molecule has 8 aromatic carbocycles. The molecule has 16 heteroatoms. The Morgan fingerprint density at radius 1 is 0.415 bits per heavy atom. The summed E-state index contributed by atoms with van der Waals surface area (Å²) in [5, 5.41) is 0. The fourth-order valence-electron chi connectivity index (χ4n) is 11.6. The Morgan fingerprint density at radius 3 is 1.23 bits per heavy atom. The summed E-state index contributed by atoms with van der Waals surface area (Å²) < 4.78 is 98.4. The highest BCUT2D eigenvalue weighted by atomic mass is 32.2. The molecule has 0 radical (unpaired) electrons. The summed E-state index contributed by atoms with van der Waals surface area (Å²) in [5.41, 5.74) is 6.52. The lowest BCUT2D eigenvalue weighted by Crippen LogP contribution is -2.67. The van der Waals surface area contributed by atoms with E-state index < -0.39 is 91.1 Å². The van der Waals surface area contributed by atoms with Crippen molar-refractivity contribution in [1.29, 1.82) is 0 Å². The Bertz CT molecular complexity index is 3400. The largest absolute Gasteiger partial charge is 0.459 e. The second-order valence-electron chi connectivity index (χ2n) is 23.1. The van der Waals surface area contributed by atoms with Crippen LogP contribution in [0.2, 0.25) is 0 Å². The second-order valence-corrected chi connectivity index (χ2v) is 24.5. The lowest BCUT2D eigenvalue weighted by molar-refractivity contribution is -0.364. The van der Waals surface area contributed by atoms with Crippen LogP contribution in [0.5, 0.6) is 0 Å². The van der Waals surface area contributed by atoms with Gasteiger partial charge in [-0.15, -0.1) is 18.3 Å². The van der Waals surface area contributed by atoms with Gasteiger partial charge in [0.25, 0.3) is 0 Å². The molecule has 0 bridgehead atoms. The quantitative estimate of drug-likeness (QED) is 0.0278. The highest BCUT2D eigenvalue weighted by Crippen LogP contribution is 2.41. The normalized spacial score (nSPS) is 25.3. The van der Waals surface area contributed by atoms with Crippen LogP contribution in [0.15, 0.2) is 255 Å². The van der Waals surface area contributed by atoms with Gasteiger partial charge in [-0.25, -0.2) is 4.79 Å². The summed E-state index contributed by atoms with van der Waals surface area (Å²) in [6.45, 7) is 7.69. The Morgan fingerprint density at radius 2 is 0.787 bits per heavy atom.